The average Bonchev–Trinajstić information content (AvgIpc) is 3.24. The van der Waals surface area contributed by atoms with Gasteiger partial charge in [0.15, 0.2) is 5.78 Å². The zero-order valence-corrected chi connectivity index (χ0v) is 10.0. The molecule has 0 amide bonds. The standard InChI is InChI=1S/C16H14O2/c17-16(12-6-2-1-3-7-12)15-9-5-4-8-13(15)10-14-11-18-14/h1-9,14H,10-11H2. The van der Waals surface area contributed by atoms with Crippen LogP contribution in [-0.4, -0.2) is 18.5 Å². The second kappa shape index (κ2) is 4.75. The third kappa shape index (κ3) is 2.34. The van der Waals surface area contributed by atoms with Crippen molar-refractivity contribution in [3.8, 4) is 0 Å². The molecule has 0 saturated carbocycles. The van der Waals surface area contributed by atoms with E-state index in [2.05, 4.69) is 0 Å². The number of ether oxygens (including phenoxy) is 1. The van der Waals surface area contributed by atoms with Gasteiger partial charge < -0.3 is 4.74 Å². The first-order chi connectivity index (χ1) is 8.84. The molecule has 2 aromatic rings. The normalized spacial score (nSPS) is 17.4. The van der Waals surface area contributed by atoms with Crippen molar-refractivity contribution in [1.29, 1.82) is 0 Å². The van der Waals surface area contributed by atoms with Crippen molar-refractivity contribution in [2.24, 2.45) is 0 Å². The molecule has 1 saturated heterocycles. The summed E-state index contributed by atoms with van der Waals surface area (Å²) in [5.41, 5.74) is 2.61. The second-order valence-electron chi connectivity index (χ2n) is 4.51. The molecule has 2 heteroatoms. The van der Waals surface area contributed by atoms with Crippen LogP contribution in [0.25, 0.3) is 0 Å². The average molecular weight is 238 g/mol. The molecular formula is C16H14O2. The summed E-state index contributed by atoms with van der Waals surface area (Å²) in [6.07, 6.45) is 1.13. The largest absolute Gasteiger partial charge is 0.373 e. The Balaban J connectivity index is 1.93. The molecule has 1 heterocycles. The number of rotatable bonds is 4. The quantitative estimate of drug-likeness (QED) is 0.605. The number of epoxide rings is 1. The summed E-state index contributed by atoms with van der Waals surface area (Å²) >= 11 is 0. The smallest absolute Gasteiger partial charge is 0.193 e. The first-order valence-electron chi connectivity index (χ1n) is 6.14. The van der Waals surface area contributed by atoms with Gasteiger partial charge in [-0.2, -0.15) is 0 Å². The molecule has 0 spiro atoms. The van der Waals surface area contributed by atoms with Crippen LogP contribution in [0.4, 0.5) is 0 Å². The van der Waals surface area contributed by atoms with E-state index in [1.54, 1.807) is 0 Å². The first kappa shape index (κ1) is 11.2. The lowest BCUT2D eigenvalue weighted by Gasteiger charge is -2.07. The summed E-state index contributed by atoms with van der Waals surface area (Å²) in [6.45, 7) is 0.813. The Bertz CT molecular complexity index is 556. The van der Waals surface area contributed by atoms with Gasteiger partial charge in [0.05, 0.1) is 12.7 Å². The van der Waals surface area contributed by atoms with E-state index in [0.29, 0.717) is 6.10 Å². The van der Waals surface area contributed by atoms with Gasteiger partial charge in [0.1, 0.15) is 0 Å². The highest BCUT2D eigenvalue weighted by molar-refractivity contribution is 6.09. The Hall–Kier alpha value is -1.93. The van der Waals surface area contributed by atoms with Crippen LogP contribution in [0, 0.1) is 0 Å². The van der Waals surface area contributed by atoms with Gasteiger partial charge in [-0.1, -0.05) is 54.6 Å². The van der Waals surface area contributed by atoms with Gasteiger partial charge >= 0.3 is 0 Å². The number of carbonyl (C=O) groups is 1. The number of hydrogen-bond acceptors (Lipinski definition) is 2. The highest BCUT2D eigenvalue weighted by atomic mass is 16.6. The van der Waals surface area contributed by atoms with E-state index in [-0.39, 0.29) is 5.78 Å². The fraction of sp³-hybridized carbons (Fsp3) is 0.188. The van der Waals surface area contributed by atoms with Crippen LogP contribution < -0.4 is 0 Å². The lowest BCUT2D eigenvalue weighted by molar-refractivity contribution is 0.103. The molecule has 0 bridgehead atoms. The van der Waals surface area contributed by atoms with Crippen LogP contribution in [0.15, 0.2) is 54.6 Å². The molecule has 0 N–H and O–H groups in total. The third-order valence-corrected chi connectivity index (χ3v) is 3.15. The summed E-state index contributed by atoms with van der Waals surface area (Å²) in [6, 6.07) is 17.2. The Morgan fingerprint density at radius 1 is 1.06 bits per heavy atom. The molecule has 1 fully saturated rings. The lowest BCUT2D eigenvalue weighted by atomic mass is 9.96. The molecule has 2 aromatic carbocycles. The van der Waals surface area contributed by atoms with Crippen LogP contribution in [-0.2, 0) is 11.2 Å². The van der Waals surface area contributed by atoms with Crippen molar-refractivity contribution in [1.82, 2.24) is 0 Å². The van der Waals surface area contributed by atoms with E-state index < -0.39 is 0 Å². The second-order valence-corrected chi connectivity index (χ2v) is 4.51. The molecule has 1 atom stereocenters. The molecule has 0 aliphatic carbocycles. The number of hydrogen-bond donors (Lipinski definition) is 0. The van der Waals surface area contributed by atoms with Gasteiger partial charge in [0, 0.05) is 17.5 Å². The van der Waals surface area contributed by atoms with Crippen molar-refractivity contribution in [3.63, 3.8) is 0 Å². The summed E-state index contributed by atoms with van der Waals surface area (Å²) in [7, 11) is 0. The van der Waals surface area contributed by atoms with Crippen molar-refractivity contribution in [2.45, 2.75) is 12.5 Å². The van der Waals surface area contributed by atoms with Crippen molar-refractivity contribution >= 4 is 5.78 Å². The van der Waals surface area contributed by atoms with Gasteiger partial charge in [-0.15, -0.1) is 0 Å². The zero-order valence-electron chi connectivity index (χ0n) is 10.0. The summed E-state index contributed by atoms with van der Waals surface area (Å²) < 4.78 is 5.24. The lowest BCUT2D eigenvalue weighted by Crippen LogP contribution is -2.07. The minimum Gasteiger partial charge on any atom is -0.373 e. The fourth-order valence-electron chi connectivity index (χ4n) is 2.10. The van der Waals surface area contributed by atoms with E-state index in [1.807, 2.05) is 54.6 Å². The Kier molecular flexibility index (Phi) is 2.95. The van der Waals surface area contributed by atoms with Crippen LogP contribution in [0.5, 0.6) is 0 Å². The molecule has 1 aliphatic heterocycles. The number of benzene rings is 2. The highest BCUT2D eigenvalue weighted by Gasteiger charge is 2.25. The van der Waals surface area contributed by atoms with E-state index in [4.69, 9.17) is 4.74 Å². The van der Waals surface area contributed by atoms with Crippen LogP contribution in [0.1, 0.15) is 21.5 Å². The molecule has 3 rings (SSSR count). The van der Waals surface area contributed by atoms with Gasteiger partial charge in [0.2, 0.25) is 0 Å². The maximum absolute atomic E-state index is 12.4. The topological polar surface area (TPSA) is 29.6 Å². The third-order valence-electron chi connectivity index (χ3n) is 3.15. The van der Waals surface area contributed by atoms with Crippen molar-refractivity contribution in [2.75, 3.05) is 6.61 Å². The highest BCUT2D eigenvalue weighted by Crippen LogP contribution is 2.21. The molecule has 0 aromatic heterocycles. The van der Waals surface area contributed by atoms with Crippen molar-refractivity contribution in [3.05, 3.63) is 71.3 Å². The number of carbonyl (C=O) groups excluding carboxylic acids is 1. The molecular weight excluding hydrogens is 224 g/mol. The zero-order chi connectivity index (χ0) is 12.4. The predicted molar refractivity (Wildman–Crippen MR) is 69.8 cm³/mol. The summed E-state index contributed by atoms with van der Waals surface area (Å²) in [5.74, 6) is 0.0897. The molecule has 2 nitrogen and oxygen atoms in total. The molecule has 1 aliphatic rings. The van der Waals surface area contributed by atoms with Crippen molar-refractivity contribution < 1.29 is 9.53 Å². The van der Waals surface area contributed by atoms with E-state index in [1.165, 1.54) is 0 Å². The Labute approximate surface area is 106 Å². The summed E-state index contributed by atoms with van der Waals surface area (Å²) in [4.78, 5) is 12.4. The van der Waals surface area contributed by atoms with Gasteiger partial charge in [0.25, 0.3) is 0 Å². The van der Waals surface area contributed by atoms with E-state index in [0.717, 1.165) is 29.7 Å². The van der Waals surface area contributed by atoms with E-state index >= 15 is 0 Å². The van der Waals surface area contributed by atoms with E-state index in [9.17, 15) is 4.79 Å². The van der Waals surface area contributed by atoms with Gasteiger partial charge in [-0.05, 0) is 5.56 Å². The molecule has 90 valence electrons. The van der Waals surface area contributed by atoms with Crippen LogP contribution >= 0.6 is 0 Å². The van der Waals surface area contributed by atoms with Crippen LogP contribution in [0.2, 0.25) is 0 Å². The minimum atomic E-state index is 0.0897. The molecule has 0 radical (unpaired) electrons. The maximum Gasteiger partial charge on any atom is 0.193 e. The minimum absolute atomic E-state index is 0.0897. The van der Waals surface area contributed by atoms with Gasteiger partial charge in [-0.25, -0.2) is 0 Å². The molecule has 18 heavy (non-hydrogen) atoms. The first-order valence-corrected chi connectivity index (χ1v) is 6.14. The summed E-state index contributed by atoms with van der Waals surface area (Å²) in [5, 5.41) is 0. The monoisotopic (exact) mass is 238 g/mol. The van der Waals surface area contributed by atoms with Crippen LogP contribution in [0.3, 0.4) is 0 Å². The Morgan fingerprint density at radius 3 is 2.44 bits per heavy atom. The Morgan fingerprint density at radius 2 is 1.72 bits per heavy atom. The van der Waals surface area contributed by atoms with Gasteiger partial charge in [-0.3, -0.25) is 4.79 Å². The predicted octanol–water partition coefficient (Wildman–Crippen LogP) is 2.86. The maximum atomic E-state index is 12.4. The molecule has 1 unspecified atom stereocenters. The number of ketones is 1. The SMILES string of the molecule is O=C(c1ccccc1)c1ccccc1CC1CO1. The fourth-order valence-corrected chi connectivity index (χ4v) is 2.10.